The highest BCUT2D eigenvalue weighted by Crippen LogP contribution is 2.26. The predicted octanol–water partition coefficient (Wildman–Crippen LogP) is 4.00. The Hall–Kier alpha value is -2.90. The maximum atomic E-state index is 5.21. The van der Waals surface area contributed by atoms with E-state index in [0.717, 1.165) is 30.2 Å². The first-order valence-electron chi connectivity index (χ1n) is 9.36. The lowest BCUT2D eigenvalue weighted by Gasteiger charge is -2.17. The van der Waals surface area contributed by atoms with Crippen molar-refractivity contribution < 1.29 is 4.74 Å². The summed E-state index contributed by atoms with van der Waals surface area (Å²) < 4.78 is 7.02. The summed E-state index contributed by atoms with van der Waals surface area (Å²) in [4.78, 5) is 4.43. The molecule has 0 spiro atoms. The van der Waals surface area contributed by atoms with E-state index in [0.29, 0.717) is 23.4 Å². The summed E-state index contributed by atoms with van der Waals surface area (Å²) in [6, 6.07) is 7.89. The second-order valence-corrected chi connectivity index (χ2v) is 6.74. The number of pyridine rings is 1. The van der Waals surface area contributed by atoms with Gasteiger partial charge in [-0.2, -0.15) is 9.50 Å². The van der Waals surface area contributed by atoms with E-state index < -0.39 is 0 Å². The van der Waals surface area contributed by atoms with Gasteiger partial charge in [0.2, 0.25) is 11.5 Å². The highest BCUT2D eigenvalue weighted by atomic mass is 16.5. The molecule has 2 N–H and O–H groups in total. The van der Waals surface area contributed by atoms with Crippen LogP contribution in [-0.2, 0) is 0 Å². The van der Waals surface area contributed by atoms with E-state index in [4.69, 9.17) is 9.84 Å². The van der Waals surface area contributed by atoms with Crippen LogP contribution in [-0.4, -0.2) is 37.9 Å². The van der Waals surface area contributed by atoms with Crippen LogP contribution in [0.3, 0.4) is 0 Å². The molecule has 0 amide bonds. The van der Waals surface area contributed by atoms with Gasteiger partial charge in [0, 0.05) is 24.1 Å². The molecule has 0 aromatic carbocycles. The molecule has 27 heavy (non-hydrogen) atoms. The van der Waals surface area contributed by atoms with E-state index in [9.17, 15) is 0 Å². The van der Waals surface area contributed by atoms with E-state index >= 15 is 0 Å². The van der Waals surface area contributed by atoms with Gasteiger partial charge < -0.3 is 15.4 Å². The average Bonchev–Trinajstić information content (AvgIpc) is 3.10. The Bertz CT molecular complexity index is 902. The molecule has 0 aliphatic carbocycles. The molecule has 144 valence electrons. The molecule has 0 aliphatic heterocycles. The lowest BCUT2D eigenvalue weighted by molar-refractivity contribution is 0.398. The second-order valence-electron chi connectivity index (χ2n) is 6.74. The molecule has 8 nitrogen and oxygen atoms in total. The van der Waals surface area contributed by atoms with Crippen LogP contribution in [0, 0.1) is 0 Å². The monoisotopic (exact) mass is 369 g/mol. The van der Waals surface area contributed by atoms with Crippen molar-refractivity contribution in [2.24, 2.45) is 0 Å². The van der Waals surface area contributed by atoms with Gasteiger partial charge in [-0.25, -0.2) is 0 Å². The molecule has 8 heteroatoms. The number of hydrogen-bond acceptors (Lipinski definition) is 7. The summed E-state index contributed by atoms with van der Waals surface area (Å²) in [6.07, 6.45) is 2.05. The number of methoxy groups -OCH3 is 1. The number of rotatable bonds is 8. The number of fused-ring (bicyclic) bond motifs is 1. The van der Waals surface area contributed by atoms with Gasteiger partial charge >= 0.3 is 0 Å². The molecule has 0 fully saturated rings. The van der Waals surface area contributed by atoms with Gasteiger partial charge in [-0.15, -0.1) is 15.3 Å². The fraction of sp³-hybridized carbons (Fsp3) is 0.474. The summed E-state index contributed by atoms with van der Waals surface area (Å²) in [6.45, 7) is 8.49. The Balaban J connectivity index is 2.05. The Labute approximate surface area is 159 Å². The fourth-order valence-electron chi connectivity index (χ4n) is 2.86. The van der Waals surface area contributed by atoms with Crippen LogP contribution in [0.1, 0.15) is 52.3 Å². The van der Waals surface area contributed by atoms with Crippen molar-refractivity contribution >= 4 is 23.0 Å². The number of aromatic nitrogens is 5. The van der Waals surface area contributed by atoms with E-state index in [1.165, 1.54) is 0 Å². The third-order valence-electron chi connectivity index (χ3n) is 4.44. The lowest BCUT2D eigenvalue weighted by Crippen LogP contribution is -2.19. The number of hydrogen-bond donors (Lipinski definition) is 2. The van der Waals surface area contributed by atoms with Gasteiger partial charge in [0.25, 0.3) is 0 Å². The van der Waals surface area contributed by atoms with Gasteiger partial charge in [-0.3, -0.25) is 0 Å². The van der Waals surface area contributed by atoms with Gasteiger partial charge in [-0.05, 0) is 18.9 Å². The van der Waals surface area contributed by atoms with Crippen LogP contribution in [0.2, 0.25) is 0 Å². The van der Waals surface area contributed by atoms with Gasteiger partial charge in [-0.1, -0.05) is 33.8 Å². The standard InChI is InChI=1S/C19H27N7O/c1-6-13(7-2)20-16-11-14(21-15-9-8-10-17(22-15)27-5)19-24-23-18(12(3)4)26(19)25-16/h8-13H,6-7H2,1-5H3,(H,20,25)(H,21,22). The zero-order valence-corrected chi connectivity index (χ0v) is 16.5. The molecule has 0 saturated carbocycles. The Morgan fingerprint density at radius 1 is 1.11 bits per heavy atom. The van der Waals surface area contributed by atoms with E-state index in [-0.39, 0.29) is 5.92 Å². The number of ether oxygens (including phenoxy) is 1. The summed E-state index contributed by atoms with van der Waals surface area (Å²) in [5.74, 6) is 3.02. The van der Waals surface area contributed by atoms with Crippen molar-refractivity contribution in [2.45, 2.75) is 52.5 Å². The van der Waals surface area contributed by atoms with Crippen molar-refractivity contribution in [2.75, 3.05) is 17.7 Å². The molecule has 0 atom stereocenters. The third-order valence-corrected chi connectivity index (χ3v) is 4.44. The normalized spacial score (nSPS) is 11.4. The average molecular weight is 369 g/mol. The van der Waals surface area contributed by atoms with Crippen LogP contribution in [0.5, 0.6) is 5.88 Å². The van der Waals surface area contributed by atoms with Crippen LogP contribution < -0.4 is 15.4 Å². The summed E-state index contributed by atoms with van der Waals surface area (Å²) in [7, 11) is 1.60. The maximum absolute atomic E-state index is 5.21. The highest BCUT2D eigenvalue weighted by molar-refractivity contribution is 5.74. The number of anilines is 3. The molecule has 3 aromatic rings. The maximum Gasteiger partial charge on any atom is 0.214 e. The van der Waals surface area contributed by atoms with Crippen molar-refractivity contribution in [3.05, 3.63) is 30.1 Å². The van der Waals surface area contributed by atoms with Crippen LogP contribution in [0.4, 0.5) is 17.3 Å². The summed E-state index contributed by atoms with van der Waals surface area (Å²) in [5, 5.41) is 20.2. The third kappa shape index (κ3) is 4.10. The van der Waals surface area contributed by atoms with Gasteiger partial charge in [0.1, 0.15) is 11.6 Å². The Kier molecular flexibility index (Phi) is 5.73. The van der Waals surface area contributed by atoms with Crippen molar-refractivity contribution in [3.63, 3.8) is 0 Å². The van der Waals surface area contributed by atoms with Crippen molar-refractivity contribution in [1.29, 1.82) is 0 Å². The Morgan fingerprint density at radius 2 is 1.89 bits per heavy atom. The topological polar surface area (TPSA) is 89.3 Å². The molecule has 0 unspecified atom stereocenters. The Morgan fingerprint density at radius 3 is 2.56 bits per heavy atom. The molecule has 0 saturated heterocycles. The molecular formula is C19H27N7O. The summed E-state index contributed by atoms with van der Waals surface area (Å²) >= 11 is 0. The molecular weight excluding hydrogens is 342 g/mol. The molecule has 0 bridgehead atoms. The first kappa shape index (κ1) is 18.9. The zero-order valence-electron chi connectivity index (χ0n) is 16.5. The minimum absolute atomic E-state index is 0.207. The quantitative estimate of drug-likeness (QED) is 0.620. The predicted molar refractivity (Wildman–Crippen MR) is 107 cm³/mol. The summed E-state index contributed by atoms with van der Waals surface area (Å²) in [5.41, 5.74) is 1.46. The first-order valence-corrected chi connectivity index (χ1v) is 9.36. The minimum atomic E-state index is 0.207. The molecule has 3 heterocycles. The molecule has 3 rings (SSSR count). The zero-order chi connectivity index (χ0) is 19.4. The van der Waals surface area contributed by atoms with Crippen molar-refractivity contribution in [3.8, 4) is 5.88 Å². The van der Waals surface area contributed by atoms with Gasteiger partial charge in [0.15, 0.2) is 5.82 Å². The second kappa shape index (κ2) is 8.20. The highest BCUT2D eigenvalue weighted by Gasteiger charge is 2.17. The van der Waals surface area contributed by atoms with E-state index in [1.54, 1.807) is 17.7 Å². The lowest BCUT2D eigenvalue weighted by atomic mass is 10.2. The smallest absolute Gasteiger partial charge is 0.214 e. The first-order chi connectivity index (χ1) is 13.0. The van der Waals surface area contributed by atoms with Crippen LogP contribution in [0.15, 0.2) is 24.3 Å². The van der Waals surface area contributed by atoms with E-state index in [1.807, 2.05) is 18.2 Å². The van der Waals surface area contributed by atoms with E-state index in [2.05, 4.69) is 53.5 Å². The van der Waals surface area contributed by atoms with Crippen molar-refractivity contribution in [1.82, 2.24) is 24.8 Å². The van der Waals surface area contributed by atoms with Gasteiger partial charge in [0.05, 0.1) is 12.8 Å². The SMILES string of the molecule is CCC(CC)Nc1cc(Nc2cccc(OC)n2)c2nnc(C(C)C)n2n1. The molecule has 3 aromatic heterocycles. The fourth-order valence-corrected chi connectivity index (χ4v) is 2.86. The number of nitrogens with zero attached hydrogens (tertiary/aromatic N) is 5. The minimum Gasteiger partial charge on any atom is -0.481 e. The van der Waals surface area contributed by atoms with Crippen LogP contribution >= 0.6 is 0 Å². The van der Waals surface area contributed by atoms with Crippen LogP contribution in [0.25, 0.3) is 5.65 Å². The number of nitrogens with one attached hydrogen (secondary N) is 2. The molecule has 0 radical (unpaired) electrons. The molecule has 0 aliphatic rings. The largest absolute Gasteiger partial charge is 0.481 e.